The Bertz CT molecular complexity index is 966. The Balaban J connectivity index is 1.53. The number of carbonyl (C=O) groups is 2. The van der Waals surface area contributed by atoms with E-state index in [2.05, 4.69) is 41.1 Å². The van der Waals surface area contributed by atoms with Gasteiger partial charge in [-0.05, 0) is 55.2 Å². The molecule has 0 spiro atoms. The zero-order chi connectivity index (χ0) is 22.8. The third-order valence-electron chi connectivity index (χ3n) is 5.47. The topological polar surface area (TPSA) is 58.6 Å². The molecule has 1 saturated heterocycles. The lowest BCUT2D eigenvalue weighted by molar-refractivity contribution is -0.117. The van der Waals surface area contributed by atoms with Gasteiger partial charge >= 0.3 is 0 Å². The Kier molecular flexibility index (Phi) is 9.03. The molecule has 32 heavy (non-hydrogen) atoms. The Morgan fingerprint density at radius 3 is 2.50 bits per heavy atom. The fourth-order valence-corrected chi connectivity index (χ4v) is 3.83. The molecule has 1 fully saturated rings. The number of morpholine rings is 1. The summed E-state index contributed by atoms with van der Waals surface area (Å²) in [4.78, 5) is 26.0. The Morgan fingerprint density at radius 1 is 1.06 bits per heavy atom. The first-order valence-electron chi connectivity index (χ1n) is 11.3. The minimum absolute atomic E-state index is 0.0778. The average molecular weight is 433 g/mol. The second kappa shape index (κ2) is 12.2. The molecule has 1 heterocycles. The molecule has 1 unspecified atom stereocenters. The Morgan fingerprint density at radius 2 is 1.78 bits per heavy atom. The summed E-state index contributed by atoms with van der Waals surface area (Å²) >= 11 is 0. The molecule has 2 aromatic carbocycles. The largest absolute Gasteiger partial charge is 0.379 e. The lowest BCUT2D eigenvalue weighted by Gasteiger charge is -2.26. The monoisotopic (exact) mass is 432 g/mol. The number of benzene rings is 2. The van der Waals surface area contributed by atoms with Gasteiger partial charge in [0.15, 0.2) is 0 Å². The van der Waals surface area contributed by atoms with Crippen LogP contribution in [0.4, 0.5) is 0 Å². The van der Waals surface area contributed by atoms with Gasteiger partial charge in [0.1, 0.15) is 5.78 Å². The molecule has 0 radical (unpaired) electrons. The predicted molar refractivity (Wildman–Crippen MR) is 127 cm³/mol. The zero-order valence-corrected chi connectivity index (χ0v) is 19.0. The quantitative estimate of drug-likeness (QED) is 0.651. The molecule has 0 saturated carbocycles. The fraction of sp³-hybridized carbons (Fsp3) is 0.407. The van der Waals surface area contributed by atoms with Gasteiger partial charge in [-0.1, -0.05) is 37.0 Å². The smallest absolute Gasteiger partial charge is 0.251 e. The summed E-state index contributed by atoms with van der Waals surface area (Å²) in [5.41, 5.74) is 3.56. The molecule has 0 aliphatic carbocycles. The highest BCUT2D eigenvalue weighted by Crippen LogP contribution is 2.13. The van der Waals surface area contributed by atoms with E-state index in [1.165, 1.54) is 5.56 Å². The maximum atomic E-state index is 12.5. The van der Waals surface area contributed by atoms with Crippen LogP contribution in [0.2, 0.25) is 0 Å². The van der Waals surface area contributed by atoms with Crippen molar-refractivity contribution >= 4 is 11.7 Å². The molecule has 1 atom stereocenters. The summed E-state index contributed by atoms with van der Waals surface area (Å²) in [7, 11) is 0. The number of nitrogens with one attached hydrogen (secondary N) is 1. The summed E-state index contributed by atoms with van der Waals surface area (Å²) in [5.74, 6) is 6.82. The van der Waals surface area contributed by atoms with Gasteiger partial charge in [-0.25, -0.2) is 0 Å². The van der Waals surface area contributed by atoms with E-state index < -0.39 is 0 Å². The predicted octanol–water partition coefficient (Wildman–Crippen LogP) is 3.31. The number of ketones is 1. The van der Waals surface area contributed by atoms with Crippen LogP contribution >= 0.6 is 0 Å². The molecule has 1 amide bonds. The SMILES string of the molecule is CC(=O)CC(C)Cc1ccc(C#Cc2cccc(C(=O)NCCN3CCOCC3)c2)cc1. The number of nitrogens with zero attached hydrogens (tertiary/aromatic N) is 1. The first-order valence-corrected chi connectivity index (χ1v) is 11.3. The lowest BCUT2D eigenvalue weighted by atomic mass is 9.96. The van der Waals surface area contributed by atoms with Crippen molar-refractivity contribution < 1.29 is 14.3 Å². The van der Waals surface area contributed by atoms with Crippen LogP contribution in [0.25, 0.3) is 0 Å². The van der Waals surface area contributed by atoms with Crippen molar-refractivity contribution in [1.29, 1.82) is 0 Å². The highest BCUT2D eigenvalue weighted by atomic mass is 16.5. The van der Waals surface area contributed by atoms with Gasteiger partial charge in [0.25, 0.3) is 5.91 Å². The first-order chi connectivity index (χ1) is 15.5. The van der Waals surface area contributed by atoms with Crippen LogP contribution in [-0.2, 0) is 16.0 Å². The molecule has 5 nitrogen and oxygen atoms in total. The van der Waals surface area contributed by atoms with Gasteiger partial charge in [0.05, 0.1) is 13.2 Å². The van der Waals surface area contributed by atoms with E-state index in [1.807, 2.05) is 36.4 Å². The van der Waals surface area contributed by atoms with Crippen molar-refractivity contribution in [2.45, 2.75) is 26.7 Å². The van der Waals surface area contributed by atoms with Crippen LogP contribution in [0.3, 0.4) is 0 Å². The van der Waals surface area contributed by atoms with Crippen molar-refractivity contribution in [3.8, 4) is 11.8 Å². The van der Waals surface area contributed by atoms with Gasteiger partial charge < -0.3 is 14.8 Å². The minimum atomic E-state index is -0.0778. The zero-order valence-electron chi connectivity index (χ0n) is 19.0. The molecule has 3 rings (SSSR count). The summed E-state index contributed by atoms with van der Waals surface area (Å²) < 4.78 is 5.34. The van der Waals surface area contributed by atoms with Crippen LogP contribution in [0.1, 0.15) is 47.3 Å². The van der Waals surface area contributed by atoms with Gasteiger partial charge in [0.2, 0.25) is 0 Å². The normalized spacial score (nSPS) is 14.8. The summed E-state index contributed by atoms with van der Waals surface area (Å²) in [6.07, 6.45) is 1.49. The van der Waals surface area contributed by atoms with Crippen LogP contribution in [0.15, 0.2) is 48.5 Å². The van der Waals surface area contributed by atoms with Crippen LogP contribution < -0.4 is 5.32 Å². The molecule has 0 aromatic heterocycles. The van der Waals surface area contributed by atoms with Gasteiger partial charge in [-0.2, -0.15) is 0 Å². The maximum Gasteiger partial charge on any atom is 0.251 e. The third-order valence-corrected chi connectivity index (χ3v) is 5.47. The van der Waals surface area contributed by atoms with Crippen LogP contribution in [-0.4, -0.2) is 56.0 Å². The second-order valence-electron chi connectivity index (χ2n) is 8.45. The number of ether oxygens (including phenoxy) is 1. The standard InChI is InChI=1S/C27H32N2O3/c1-21(18-22(2)30)19-25-10-7-23(8-11-25)6-9-24-4-3-5-26(20-24)27(31)28-12-13-29-14-16-32-17-15-29/h3-5,7-8,10-11,20-21H,12-19H2,1-2H3,(H,28,31). The van der Waals surface area contributed by atoms with Gasteiger partial charge in [-0.15, -0.1) is 0 Å². The Labute approximate surface area is 191 Å². The van der Waals surface area contributed by atoms with Crippen molar-refractivity contribution in [2.75, 3.05) is 39.4 Å². The number of rotatable bonds is 8. The van der Waals surface area contributed by atoms with Crippen molar-refractivity contribution in [3.05, 3.63) is 70.8 Å². The van der Waals surface area contributed by atoms with Crippen molar-refractivity contribution in [1.82, 2.24) is 10.2 Å². The third kappa shape index (κ3) is 7.96. The number of amides is 1. The van der Waals surface area contributed by atoms with E-state index in [0.29, 0.717) is 24.4 Å². The fourth-order valence-electron chi connectivity index (χ4n) is 3.83. The van der Waals surface area contributed by atoms with Gasteiger partial charge in [-0.3, -0.25) is 9.69 Å². The molecule has 1 N–H and O–H groups in total. The molecule has 1 aliphatic rings. The highest BCUT2D eigenvalue weighted by Gasteiger charge is 2.11. The van der Waals surface area contributed by atoms with E-state index in [4.69, 9.17) is 4.74 Å². The highest BCUT2D eigenvalue weighted by molar-refractivity contribution is 5.94. The first kappa shape index (κ1) is 23.7. The number of carbonyl (C=O) groups excluding carboxylic acids is 2. The van der Waals surface area contributed by atoms with E-state index in [9.17, 15) is 9.59 Å². The summed E-state index contributed by atoms with van der Waals surface area (Å²) in [5, 5.41) is 2.99. The second-order valence-corrected chi connectivity index (χ2v) is 8.45. The van der Waals surface area contributed by atoms with Crippen molar-refractivity contribution in [2.24, 2.45) is 5.92 Å². The average Bonchev–Trinajstić information content (AvgIpc) is 2.79. The molecule has 2 aromatic rings. The number of Topliss-reactive ketones (excluding diaryl/α,β-unsaturated/α-hetero) is 1. The lowest BCUT2D eigenvalue weighted by Crippen LogP contribution is -2.41. The van der Waals surface area contributed by atoms with Crippen molar-refractivity contribution in [3.63, 3.8) is 0 Å². The maximum absolute atomic E-state index is 12.5. The summed E-state index contributed by atoms with van der Waals surface area (Å²) in [6.45, 7) is 8.54. The molecule has 0 bridgehead atoms. The van der Waals surface area contributed by atoms with Crippen LogP contribution in [0.5, 0.6) is 0 Å². The van der Waals surface area contributed by atoms with E-state index in [0.717, 1.165) is 50.4 Å². The summed E-state index contributed by atoms with van der Waals surface area (Å²) in [6, 6.07) is 15.6. The molecular formula is C27H32N2O3. The van der Waals surface area contributed by atoms with E-state index in [-0.39, 0.29) is 11.7 Å². The molecule has 5 heteroatoms. The van der Waals surface area contributed by atoms with Crippen LogP contribution in [0, 0.1) is 17.8 Å². The molecular weight excluding hydrogens is 400 g/mol. The van der Waals surface area contributed by atoms with Gasteiger partial charge in [0, 0.05) is 49.3 Å². The minimum Gasteiger partial charge on any atom is -0.379 e. The van der Waals surface area contributed by atoms with E-state index in [1.54, 1.807) is 6.92 Å². The number of hydrogen-bond donors (Lipinski definition) is 1. The molecule has 1 aliphatic heterocycles. The Hall–Kier alpha value is -2.94. The molecule has 168 valence electrons. The number of hydrogen-bond acceptors (Lipinski definition) is 4. The van der Waals surface area contributed by atoms with E-state index >= 15 is 0 Å².